The van der Waals surface area contributed by atoms with Gasteiger partial charge in [0, 0.05) is 12.5 Å². The predicted octanol–water partition coefficient (Wildman–Crippen LogP) is 2.20. The minimum absolute atomic E-state index is 0.110. The monoisotopic (exact) mass is 220 g/mol. The smallest absolute Gasteiger partial charge is 0.311 e. The molecule has 3 nitrogen and oxygen atoms in total. The number of rotatable bonds is 3. The quantitative estimate of drug-likeness (QED) is 0.849. The lowest BCUT2D eigenvalue weighted by Gasteiger charge is -2.20. The van der Waals surface area contributed by atoms with Crippen LogP contribution in [0.1, 0.15) is 23.5 Å². The van der Waals surface area contributed by atoms with Gasteiger partial charge < -0.3 is 9.84 Å². The summed E-state index contributed by atoms with van der Waals surface area (Å²) in [7, 11) is 0. The minimum atomic E-state index is -0.746. The number of aliphatic carboxylic acids is 1. The van der Waals surface area contributed by atoms with E-state index in [0.29, 0.717) is 13.2 Å². The fourth-order valence-electron chi connectivity index (χ4n) is 2.34. The Morgan fingerprint density at radius 2 is 2.25 bits per heavy atom. The molecule has 86 valence electrons. The molecule has 1 aromatic carbocycles. The lowest BCUT2D eigenvalue weighted by Crippen LogP contribution is -2.22. The van der Waals surface area contributed by atoms with E-state index in [1.807, 2.05) is 31.2 Å². The first kappa shape index (κ1) is 11.1. The van der Waals surface area contributed by atoms with E-state index in [1.165, 1.54) is 0 Å². The molecule has 1 aliphatic rings. The summed E-state index contributed by atoms with van der Waals surface area (Å²) in [6.07, 6.45) is 0.839. The molecule has 2 unspecified atom stereocenters. The average Bonchev–Trinajstić information content (AvgIpc) is 2.74. The topological polar surface area (TPSA) is 46.5 Å². The average molecular weight is 220 g/mol. The van der Waals surface area contributed by atoms with Crippen LogP contribution in [0.5, 0.6) is 0 Å². The van der Waals surface area contributed by atoms with Gasteiger partial charge in [-0.15, -0.1) is 0 Å². The van der Waals surface area contributed by atoms with Crippen molar-refractivity contribution in [1.29, 1.82) is 0 Å². The number of hydrogen-bond acceptors (Lipinski definition) is 2. The van der Waals surface area contributed by atoms with Gasteiger partial charge in [-0.05, 0) is 24.5 Å². The Morgan fingerprint density at radius 1 is 1.50 bits per heavy atom. The normalized spacial score (nSPS) is 21.9. The van der Waals surface area contributed by atoms with Crippen LogP contribution in [0.4, 0.5) is 0 Å². The van der Waals surface area contributed by atoms with E-state index in [4.69, 9.17) is 4.74 Å². The van der Waals surface area contributed by atoms with Crippen molar-refractivity contribution in [3.05, 3.63) is 35.4 Å². The first-order valence-corrected chi connectivity index (χ1v) is 5.56. The molecule has 0 amide bonds. The van der Waals surface area contributed by atoms with Gasteiger partial charge in [0.2, 0.25) is 0 Å². The first-order chi connectivity index (χ1) is 7.70. The number of aryl methyl sites for hydroxylation is 1. The van der Waals surface area contributed by atoms with E-state index < -0.39 is 11.9 Å². The molecule has 1 fully saturated rings. The van der Waals surface area contributed by atoms with Crippen molar-refractivity contribution in [3.8, 4) is 0 Å². The number of carboxylic acids is 1. The maximum Gasteiger partial charge on any atom is 0.311 e. The highest BCUT2D eigenvalue weighted by atomic mass is 16.5. The largest absolute Gasteiger partial charge is 0.481 e. The Balaban J connectivity index is 2.32. The standard InChI is InChI=1S/C13H16O3/c1-9-4-2-3-5-11(9)12(13(14)15)10-6-7-16-8-10/h2-5,10,12H,6-8H2,1H3,(H,14,15). The molecule has 1 heterocycles. The number of carbonyl (C=O) groups is 1. The highest BCUT2D eigenvalue weighted by Gasteiger charge is 2.33. The second kappa shape index (κ2) is 4.66. The lowest BCUT2D eigenvalue weighted by molar-refractivity contribution is -0.140. The fraction of sp³-hybridized carbons (Fsp3) is 0.462. The van der Waals surface area contributed by atoms with Crippen LogP contribution < -0.4 is 0 Å². The van der Waals surface area contributed by atoms with Crippen molar-refractivity contribution in [2.24, 2.45) is 5.92 Å². The van der Waals surface area contributed by atoms with Gasteiger partial charge in [0.1, 0.15) is 0 Å². The van der Waals surface area contributed by atoms with E-state index >= 15 is 0 Å². The van der Waals surface area contributed by atoms with Gasteiger partial charge >= 0.3 is 5.97 Å². The Bertz CT molecular complexity index is 381. The number of benzene rings is 1. The molecule has 1 aliphatic heterocycles. The molecule has 2 rings (SSSR count). The van der Waals surface area contributed by atoms with Crippen molar-refractivity contribution < 1.29 is 14.6 Å². The fourth-order valence-corrected chi connectivity index (χ4v) is 2.34. The number of carboxylic acid groups (broad SMARTS) is 1. The third kappa shape index (κ3) is 2.09. The molecule has 0 aliphatic carbocycles. The van der Waals surface area contributed by atoms with E-state index in [2.05, 4.69) is 0 Å². The maximum atomic E-state index is 11.4. The summed E-state index contributed by atoms with van der Waals surface area (Å²) in [5.41, 5.74) is 1.97. The summed E-state index contributed by atoms with van der Waals surface area (Å²) >= 11 is 0. The second-order valence-electron chi connectivity index (χ2n) is 4.30. The maximum absolute atomic E-state index is 11.4. The van der Waals surface area contributed by atoms with Crippen molar-refractivity contribution in [3.63, 3.8) is 0 Å². The zero-order valence-electron chi connectivity index (χ0n) is 9.35. The van der Waals surface area contributed by atoms with E-state index in [0.717, 1.165) is 17.5 Å². The molecule has 1 N–H and O–H groups in total. The summed E-state index contributed by atoms with van der Waals surface area (Å²) in [6.45, 7) is 3.20. The van der Waals surface area contributed by atoms with Gasteiger partial charge in [0.15, 0.2) is 0 Å². The second-order valence-corrected chi connectivity index (χ2v) is 4.30. The van der Waals surface area contributed by atoms with Crippen LogP contribution in [0.2, 0.25) is 0 Å². The molecule has 0 bridgehead atoms. The first-order valence-electron chi connectivity index (χ1n) is 5.56. The molecule has 1 aromatic rings. The van der Waals surface area contributed by atoms with Crippen LogP contribution >= 0.6 is 0 Å². The van der Waals surface area contributed by atoms with Gasteiger partial charge in [0.05, 0.1) is 12.5 Å². The zero-order valence-corrected chi connectivity index (χ0v) is 9.35. The number of hydrogen-bond donors (Lipinski definition) is 1. The molecule has 0 aromatic heterocycles. The SMILES string of the molecule is Cc1ccccc1C(C(=O)O)C1CCOC1. The summed E-state index contributed by atoms with van der Waals surface area (Å²) < 4.78 is 5.29. The van der Waals surface area contributed by atoms with Crippen LogP contribution in [0.3, 0.4) is 0 Å². The number of ether oxygens (including phenoxy) is 1. The molecule has 2 atom stereocenters. The molecule has 1 saturated heterocycles. The van der Waals surface area contributed by atoms with Crippen LogP contribution in [0.25, 0.3) is 0 Å². The van der Waals surface area contributed by atoms with Crippen molar-refractivity contribution in [2.75, 3.05) is 13.2 Å². The van der Waals surface area contributed by atoms with E-state index in [9.17, 15) is 9.90 Å². The van der Waals surface area contributed by atoms with Gasteiger partial charge in [-0.3, -0.25) is 4.79 Å². The van der Waals surface area contributed by atoms with Crippen LogP contribution in [0, 0.1) is 12.8 Å². The summed E-state index contributed by atoms with van der Waals surface area (Å²) in [4.78, 5) is 11.4. The third-order valence-electron chi connectivity index (χ3n) is 3.23. The summed E-state index contributed by atoms with van der Waals surface area (Å²) in [5, 5.41) is 9.36. The summed E-state index contributed by atoms with van der Waals surface area (Å²) in [6, 6.07) is 7.70. The van der Waals surface area contributed by atoms with Crippen LogP contribution in [-0.2, 0) is 9.53 Å². The summed E-state index contributed by atoms with van der Waals surface area (Å²) in [5.74, 6) is -1.06. The Labute approximate surface area is 95.0 Å². The van der Waals surface area contributed by atoms with Gasteiger partial charge in [-0.1, -0.05) is 24.3 Å². The lowest BCUT2D eigenvalue weighted by atomic mass is 9.83. The van der Waals surface area contributed by atoms with Crippen molar-refractivity contribution in [1.82, 2.24) is 0 Å². The molecule has 16 heavy (non-hydrogen) atoms. The van der Waals surface area contributed by atoms with Crippen molar-refractivity contribution >= 4 is 5.97 Å². The van der Waals surface area contributed by atoms with Gasteiger partial charge in [-0.2, -0.15) is 0 Å². The minimum Gasteiger partial charge on any atom is -0.481 e. The van der Waals surface area contributed by atoms with E-state index in [1.54, 1.807) is 0 Å². The Kier molecular flexibility index (Phi) is 3.25. The molecule has 3 heteroatoms. The molecular formula is C13H16O3. The molecular weight excluding hydrogens is 204 g/mol. The molecule has 0 spiro atoms. The molecule has 0 radical (unpaired) electrons. The van der Waals surface area contributed by atoms with Gasteiger partial charge in [0.25, 0.3) is 0 Å². The zero-order chi connectivity index (χ0) is 11.5. The highest BCUT2D eigenvalue weighted by molar-refractivity contribution is 5.77. The third-order valence-corrected chi connectivity index (χ3v) is 3.23. The van der Waals surface area contributed by atoms with Crippen LogP contribution in [0.15, 0.2) is 24.3 Å². The van der Waals surface area contributed by atoms with Crippen molar-refractivity contribution in [2.45, 2.75) is 19.3 Å². The predicted molar refractivity (Wildman–Crippen MR) is 60.5 cm³/mol. The Hall–Kier alpha value is -1.35. The van der Waals surface area contributed by atoms with Crippen LogP contribution in [-0.4, -0.2) is 24.3 Å². The molecule has 0 saturated carbocycles. The Morgan fingerprint density at radius 3 is 2.81 bits per heavy atom. The van der Waals surface area contributed by atoms with E-state index in [-0.39, 0.29) is 5.92 Å². The van der Waals surface area contributed by atoms with Gasteiger partial charge in [-0.25, -0.2) is 0 Å². The highest BCUT2D eigenvalue weighted by Crippen LogP contribution is 2.32.